The summed E-state index contributed by atoms with van der Waals surface area (Å²) in [6, 6.07) is 29.3. The van der Waals surface area contributed by atoms with Crippen LogP contribution in [-0.2, 0) is 22.9 Å². The maximum atomic E-state index is 13.5. The lowest BCUT2D eigenvalue weighted by Gasteiger charge is -2.11. The molecule has 0 aliphatic heterocycles. The van der Waals surface area contributed by atoms with Crippen LogP contribution in [0.1, 0.15) is 17.0 Å². The number of aryl methyl sites for hydroxylation is 3. The highest BCUT2D eigenvalue weighted by Crippen LogP contribution is 2.23. The van der Waals surface area contributed by atoms with Crippen LogP contribution in [0.2, 0.25) is 0 Å². The average Bonchev–Trinajstić information content (AvgIpc) is 3.24. The molecule has 7 heteroatoms. The van der Waals surface area contributed by atoms with Crippen molar-refractivity contribution in [3.63, 3.8) is 0 Å². The first-order valence-electron chi connectivity index (χ1n) is 11.3. The number of nitrogens with one attached hydrogen (secondary N) is 1. The number of benzene rings is 4. The third-order valence-electron chi connectivity index (χ3n) is 5.93. The Balaban J connectivity index is 1.33. The number of sulfonamides is 1. The van der Waals surface area contributed by atoms with E-state index in [1.54, 1.807) is 12.1 Å². The van der Waals surface area contributed by atoms with Gasteiger partial charge in [0.15, 0.2) is 0 Å². The number of aromatic nitrogens is 2. The molecule has 4 aromatic carbocycles. The van der Waals surface area contributed by atoms with Gasteiger partial charge >= 0.3 is 0 Å². The second kappa shape index (κ2) is 9.35. The molecule has 0 amide bonds. The number of para-hydroxylation sites is 3. The Morgan fingerprint density at radius 2 is 1.57 bits per heavy atom. The van der Waals surface area contributed by atoms with Gasteiger partial charge in [-0.3, -0.25) is 9.29 Å². The topological polar surface area (TPSA) is 64.0 Å². The second-order valence-corrected chi connectivity index (χ2v) is 10.1. The zero-order valence-electron chi connectivity index (χ0n) is 19.1. The number of fused-ring (bicyclic) bond motifs is 1. The molecule has 1 aromatic heterocycles. The first kappa shape index (κ1) is 22.8. The Hall–Kier alpha value is -3.97. The monoisotopic (exact) mass is 485 g/mol. The predicted octanol–water partition coefficient (Wildman–Crippen LogP) is 6.06. The van der Waals surface area contributed by atoms with Crippen LogP contribution in [0, 0.1) is 12.7 Å². The first-order valence-corrected chi connectivity index (χ1v) is 12.8. The molecule has 0 radical (unpaired) electrons. The summed E-state index contributed by atoms with van der Waals surface area (Å²) >= 11 is 0. The second-order valence-electron chi connectivity index (χ2n) is 8.40. The highest BCUT2D eigenvalue weighted by atomic mass is 32.2. The van der Waals surface area contributed by atoms with E-state index < -0.39 is 15.8 Å². The molecule has 5 nitrogen and oxygen atoms in total. The molecule has 1 heterocycles. The molecule has 176 valence electrons. The van der Waals surface area contributed by atoms with Crippen molar-refractivity contribution >= 4 is 26.7 Å². The van der Waals surface area contributed by atoms with E-state index in [1.807, 2.05) is 48.5 Å². The summed E-state index contributed by atoms with van der Waals surface area (Å²) in [5.41, 5.74) is 4.88. The predicted molar refractivity (Wildman–Crippen MR) is 137 cm³/mol. The van der Waals surface area contributed by atoms with E-state index in [0.717, 1.165) is 47.0 Å². The van der Waals surface area contributed by atoms with Gasteiger partial charge in [0, 0.05) is 17.8 Å². The maximum Gasteiger partial charge on any atom is 0.261 e. The number of halogens is 1. The van der Waals surface area contributed by atoms with Crippen LogP contribution in [0.4, 0.5) is 10.1 Å². The van der Waals surface area contributed by atoms with Crippen molar-refractivity contribution in [2.24, 2.45) is 0 Å². The number of anilines is 1. The van der Waals surface area contributed by atoms with Gasteiger partial charge in [0.05, 0.1) is 15.9 Å². The minimum Gasteiger partial charge on any atom is -0.296 e. The van der Waals surface area contributed by atoms with Crippen molar-refractivity contribution in [2.45, 2.75) is 24.7 Å². The molecule has 5 aromatic rings. The minimum absolute atomic E-state index is 0.0280. The fraction of sp³-hybridized carbons (Fsp3) is 0.107. The Bertz CT molecular complexity index is 1600. The Morgan fingerprint density at radius 1 is 0.857 bits per heavy atom. The maximum absolute atomic E-state index is 13.5. The molecule has 0 aliphatic carbocycles. The molecule has 35 heavy (non-hydrogen) atoms. The summed E-state index contributed by atoms with van der Waals surface area (Å²) in [7, 11) is -3.80. The molecule has 5 rings (SSSR count). The average molecular weight is 486 g/mol. The Labute approximate surface area is 203 Å². The van der Waals surface area contributed by atoms with Crippen LogP contribution in [0.15, 0.2) is 102 Å². The van der Waals surface area contributed by atoms with Crippen LogP contribution in [0.5, 0.6) is 0 Å². The lowest BCUT2D eigenvalue weighted by Crippen LogP contribution is -2.13. The summed E-state index contributed by atoms with van der Waals surface area (Å²) in [4.78, 5) is 4.89. The van der Waals surface area contributed by atoms with Crippen molar-refractivity contribution in [3.05, 3.63) is 120 Å². The summed E-state index contributed by atoms with van der Waals surface area (Å²) in [6.45, 7) is 1.54. The number of hydrogen-bond donors (Lipinski definition) is 1. The summed E-state index contributed by atoms with van der Waals surface area (Å²) in [5, 5.41) is 0. The van der Waals surface area contributed by atoms with Crippen molar-refractivity contribution < 1.29 is 12.8 Å². The summed E-state index contributed by atoms with van der Waals surface area (Å²) in [6.07, 6.45) is 1.48. The highest BCUT2D eigenvalue weighted by molar-refractivity contribution is 7.92. The van der Waals surface area contributed by atoms with Crippen molar-refractivity contribution in [2.75, 3.05) is 4.72 Å². The molecule has 0 unspecified atom stereocenters. The summed E-state index contributed by atoms with van der Waals surface area (Å²) in [5.74, 6) is 0.531. The van der Waals surface area contributed by atoms with Gasteiger partial charge < -0.3 is 0 Å². The lowest BCUT2D eigenvalue weighted by molar-refractivity contribution is 0.598. The largest absolute Gasteiger partial charge is 0.296 e. The third kappa shape index (κ3) is 4.81. The highest BCUT2D eigenvalue weighted by Gasteiger charge is 2.16. The van der Waals surface area contributed by atoms with Crippen LogP contribution >= 0.6 is 0 Å². The van der Waals surface area contributed by atoms with Crippen LogP contribution < -0.4 is 4.72 Å². The van der Waals surface area contributed by atoms with Gasteiger partial charge in [-0.2, -0.15) is 0 Å². The standard InChI is InChI=1S/C28H24FN3O2S/c1-20-19-24(16-17-25(20)29)35(33,34)31-22-14-11-21(12-15-22)13-18-28-30-26-9-5-6-10-27(26)32(28)23-7-3-2-4-8-23/h2-12,14-17,19,31H,13,18H2,1H3. The molecular weight excluding hydrogens is 461 g/mol. The summed E-state index contributed by atoms with van der Waals surface area (Å²) < 4.78 is 43.6. The molecule has 0 saturated heterocycles. The van der Waals surface area contributed by atoms with E-state index in [1.165, 1.54) is 19.1 Å². The quantitative estimate of drug-likeness (QED) is 0.305. The third-order valence-corrected chi connectivity index (χ3v) is 7.31. The molecule has 0 fully saturated rings. The number of rotatable bonds is 7. The van der Waals surface area contributed by atoms with E-state index in [9.17, 15) is 12.8 Å². The first-order chi connectivity index (χ1) is 16.9. The van der Waals surface area contributed by atoms with Gasteiger partial charge in [-0.05, 0) is 79.1 Å². The molecule has 0 atom stereocenters. The number of nitrogens with zero attached hydrogens (tertiary/aromatic N) is 2. The fourth-order valence-corrected chi connectivity index (χ4v) is 5.25. The van der Waals surface area contributed by atoms with Crippen LogP contribution in [0.25, 0.3) is 16.7 Å². The van der Waals surface area contributed by atoms with Crippen molar-refractivity contribution in [1.82, 2.24) is 9.55 Å². The minimum atomic E-state index is -3.80. The van der Waals surface area contributed by atoms with E-state index in [-0.39, 0.29) is 10.5 Å². The Morgan fingerprint density at radius 3 is 2.31 bits per heavy atom. The van der Waals surface area contributed by atoms with E-state index in [0.29, 0.717) is 5.69 Å². The number of imidazole rings is 1. The normalized spacial score (nSPS) is 11.6. The molecule has 0 spiro atoms. The van der Waals surface area contributed by atoms with Crippen molar-refractivity contribution in [1.29, 1.82) is 0 Å². The van der Waals surface area contributed by atoms with Gasteiger partial charge in [-0.25, -0.2) is 17.8 Å². The molecule has 1 N–H and O–H groups in total. The van der Waals surface area contributed by atoms with E-state index in [4.69, 9.17) is 4.98 Å². The fourth-order valence-electron chi connectivity index (χ4n) is 4.10. The molecule has 0 aliphatic rings. The number of hydrogen-bond acceptors (Lipinski definition) is 3. The zero-order valence-corrected chi connectivity index (χ0v) is 20.0. The lowest BCUT2D eigenvalue weighted by atomic mass is 10.1. The SMILES string of the molecule is Cc1cc(S(=O)(=O)Nc2ccc(CCc3nc4ccccc4n3-c3ccccc3)cc2)ccc1F. The molecule has 0 bridgehead atoms. The molecule has 0 saturated carbocycles. The van der Waals surface area contributed by atoms with Crippen molar-refractivity contribution in [3.8, 4) is 5.69 Å². The zero-order chi connectivity index (χ0) is 24.4. The van der Waals surface area contributed by atoms with Crippen LogP contribution in [-0.4, -0.2) is 18.0 Å². The van der Waals surface area contributed by atoms with E-state index in [2.05, 4.69) is 27.5 Å². The Kier molecular flexibility index (Phi) is 6.09. The van der Waals surface area contributed by atoms with Gasteiger partial charge in [0.2, 0.25) is 0 Å². The molecular formula is C28H24FN3O2S. The van der Waals surface area contributed by atoms with Gasteiger partial charge in [0.25, 0.3) is 10.0 Å². The van der Waals surface area contributed by atoms with Gasteiger partial charge in [-0.1, -0.05) is 42.5 Å². The van der Waals surface area contributed by atoms with Gasteiger partial charge in [0.1, 0.15) is 11.6 Å². The van der Waals surface area contributed by atoms with E-state index >= 15 is 0 Å². The smallest absolute Gasteiger partial charge is 0.261 e. The van der Waals surface area contributed by atoms with Crippen LogP contribution in [0.3, 0.4) is 0 Å². The van der Waals surface area contributed by atoms with Gasteiger partial charge in [-0.15, -0.1) is 0 Å².